The molecule has 3 N–H and O–H groups in total. The number of rotatable bonds is 3. The first-order valence-electron chi connectivity index (χ1n) is 6.51. The zero-order valence-corrected chi connectivity index (χ0v) is 12.1. The minimum atomic E-state index is -1.02. The number of hydrogen-bond donors (Lipinski definition) is 2. The van der Waals surface area contributed by atoms with Gasteiger partial charge in [-0.05, 0) is 18.2 Å². The first-order chi connectivity index (χ1) is 10.5. The molecule has 0 fully saturated rings. The number of aromatic nitrogens is 3. The topological polar surface area (TPSA) is 103 Å². The van der Waals surface area contributed by atoms with Crippen molar-refractivity contribution in [3.05, 3.63) is 36.0 Å². The minimum absolute atomic E-state index is 0.156. The lowest BCUT2D eigenvalue weighted by Crippen LogP contribution is -2.00. The fraction of sp³-hybridized carbons (Fsp3) is 0.133. The summed E-state index contributed by atoms with van der Waals surface area (Å²) in [5.41, 5.74) is 8.05. The Kier molecular flexibility index (Phi) is 3.17. The predicted molar refractivity (Wildman–Crippen MR) is 81.9 cm³/mol. The molecule has 112 valence electrons. The number of carboxylic acid groups (broad SMARTS) is 1. The van der Waals surface area contributed by atoms with E-state index in [4.69, 9.17) is 10.5 Å². The second-order valence-corrected chi connectivity index (χ2v) is 4.86. The van der Waals surface area contributed by atoms with Gasteiger partial charge in [-0.15, -0.1) is 0 Å². The largest absolute Gasteiger partial charge is 0.495 e. The molecule has 1 aromatic carbocycles. The number of anilines is 1. The molecular formula is C15H14N4O3. The van der Waals surface area contributed by atoms with Crippen molar-refractivity contribution in [2.24, 2.45) is 7.05 Å². The van der Waals surface area contributed by atoms with Gasteiger partial charge in [-0.1, -0.05) is 6.07 Å². The van der Waals surface area contributed by atoms with Gasteiger partial charge >= 0.3 is 5.97 Å². The van der Waals surface area contributed by atoms with E-state index in [1.165, 1.54) is 17.9 Å². The highest BCUT2D eigenvalue weighted by molar-refractivity contribution is 6.02. The number of nitrogens with two attached hydrogens (primary N) is 1. The van der Waals surface area contributed by atoms with Crippen molar-refractivity contribution >= 4 is 22.7 Å². The van der Waals surface area contributed by atoms with E-state index in [0.717, 1.165) is 0 Å². The molecule has 3 rings (SSSR count). The molecule has 0 atom stereocenters. The number of hydrogen-bond acceptors (Lipinski definition) is 5. The zero-order valence-electron chi connectivity index (χ0n) is 12.1. The Morgan fingerprint density at radius 1 is 1.36 bits per heavy atom. The van der Waals surface area contributed by atoms with Crippen LogP contribution >= 0.6 is 0 Å². The maximum absolute atomic E-state index is 11.5. The van der Waals surface area contributed by atoms with Crippen LogP contribution in [0.3, 0.4) is 0 Å². The number of ether oxygens (including phenoxy) is 1. The Morgan fingerprint density at radius 3 is 2.82 bits per heavy atom. The molecule has 7 nitrogen and oxygen atoms in total. The molecule has 0 bridgehead atoms. The lowest BCUT2D eigenvalue weighted by atomic mass is 10.1. The van der Waals surface area contributed by atoms with E-state index in [9.17, 15) is 9.90 Å². The number of pyridine rings is 1. The van der Waals surface area contributed by atoms with Crippen LogP contribution in [0, 0.1) is 0 Å². The first kappa shape index (κ1) is 13.9. The Bertz CT molecular complexity index is 886. The summed E-state index contributed by atoms with van der Waals surface area (Å²) in [4.78, 5) is 15.9. The van der Waals surface area contributed by atoms with E-state index in [2.05, 4.69) is 10.1 Å². The van der Waals surface area contributed by atoms with Crippen LogP contribution in [0.5, 0.6) is 5.75 Å². The molecule has 0 spiro atoms. The van der Waals surface area contributed by atoms with Crippen molar-refractivity contribution < 1.29 is 14.6 Å². The molecule has 0 saturated heterocycles. The van der Waals surface area contributed by atoms with E-state index < -0.39 is 5.97 Å². The highest BCUT2D eigenvalue weighted by Gasteiger charge is 2.16. The van der Waals surface area contributed by atoms with Crippen LogP contribution in [0.25, 0.3) is 22.3 Å². The molecule has 0 saturated carbocycles. The smallest absolute Gasteiger partial charge is 0.336 e. The van der Waals surface area contributed by atoms with E-state index in [-0.39, 0.29) is 5.56 Å². The monoisotopic (exact) mass is 298 g/mol. The quantitative estimate of drug-likeness (QED) is 0.716. The second-order valence-electron chi connectivity index (χ2n) is 4.86. The Labute approximate surface area is 126 Å². The molecule has 0 aliphatic carbocycles. The summed E-state index contributed by atoms with van der Waals surface area (Å²) >= 11 is 0. The summed E-state index contributed by atoms with van der Waals surface area (Å²) in [6.45, 7) is 0. The number of methoxy groups -OCH3 is 1. The average molecular weight is 298 g/mol. The SMILES string of the molecule is COc1cc(-c2cc(C(=O)O)c3cn(C)nc3n2)ccc1N. The van der Waals surface area contributed by atoms with Gasteiger partial charge in [-0.2, -0.15) is 5.10 Å². The lowest BCUT2D eigenvalue weighted by Gasteiger charge is -2.08. The Morgan fingerprint density at radius 2 is 2.14 bits per heavy atom. The summed E-state index contributed by atoms with van der Waals surface area (Å²) in [5.74, 6) is -0.513. The van der Waals surface area contributed by atoms with Crippen LogP contribution in [-0.4, -0.2) is 33.0 Å². The summed E-state index contributed by atoms with van der Waals surface area (Å²) in [6.07, 6.45) is 1.64. The standard InChI is InChI=1S/C15H14N4O3/c1-19-7-10-9(15(20)21)6-12(17-14(10)18-19)8-3-4-11(16)13(5-8)22-2/h3-7H,16H2,1-2H3,(H,20,21). The van der Waals surface area contributed by atoms with Gasteiger partial charge in [0, 0.05) is 18.8 Å². The number of aryl methyl sites for hydroxylation is 1. The minimum Gasteiger partial charge on any atom is -0.495 e. The van der Waals surface area contributed by atoms with Crippen molar-refractivity contribution in [1.82, 2.24) is 14.8 Å². The number of nitrogen functional groups attached to an aromatic ring is 1. The molecule has 0 radical (unpaired) electrons. The third-order valence-electron chi connectivity index (χ3n) is 3.37. The molecule has 3 aromatic rings. The third kappa shape index (κ3) is 2.22. The van der Waals surface area contributed by atoms with E-state index in [0.29, 0.717) is 33.7 Å². The summed E-state index contributed by atoms with van der Waals surface area (Å²) in [5, 5.41) is 14.1. The van der Waals surface area contributed by atoms with Gasteiger partial charge in [0.05, 0.1) is 29.4 Å². The van der Waals surface area contributed by atoms with Crippen molar-refractivity contribution in [3.63, 3.8) is 0 Å². The van der Waals surface area contributed by atoms with Crippen LogP contribution in [-0.2, 0) is 7.05 Å². The maximum atomic E-state index is 11.5. The predicted octanol–water partition coefficient (Wildman–Crippen LogP) is 1.92. The van der Waals surface area contributed by atoms with Gasteiger partial charge in [-0.3, -0.25) is 4.68 Å². The molecule has 0 amide bonds. The number of nitrogens with zero attached hydrogens (tertiary/aromatic N) is 3. The van der Waals surface area contributed by atoms with Gasteiger partial charge in [0.25, 0.3) is 0 Å². The van der Waals surface area contributed by atoms with Crippen LogP contribution in [0.4, 0.5) is 5.69 Å². The van der Waals surface area contributed by atoms with E-state index in [1.807, 2.05) is 0 Å². The van der Waals surface area contributed by atoms with Crippen molar-refractivity contribution in [3.8, 4) is 17.0 Å². The van der Waals surface area contributed by atoms with Crippen molar-refractivity contribution in [2.75, 3.05) is 12.8 Å². The molecule has 0 unspecified atom stereocenters. The third-order valence-corrected chi connectivity index (χ3v) is 3.37. The fourth-order valence-electron chi connectivity index (χ4n) is 2.31. The molecule has 0 aliphatic heterocycles. The summed E-state index contributed by atoms with van der Waals surface area (Å²) in [6, 6.07) is 6.70. The molecule has 0 aliphatic rings. The van der Waals surface area contributed by atoms with E-state index >= 15 is 0 Å². The van der Waals surface area contributed by atoms with Gasteiger partial charge in [0.1, 0.15) is 5.75 Å². The maximum Gasteiger partial charge on any atom is 0.336 e. The van der Waals surface area contributed by atoms with Crippen LogP contribution in [0.1, 0.15) is 10.4 Å². The number of benzene rings is 1. The summed E-state index contributed by atoms with van der Waals surface area (Å²) < 4.78 is 6.73. The van der Waals surface area contributed by atoms with Gasteiger partial charge < -0.3 is 15.6 Å². The van der Waals surface area contributed by atoms with Crippen LogP contribution in [0.15, 0.2) is 30.5 Å². The Hall–Kier alpha value is -3.09. The van der Waals surface area contributed by atoms with Crippen LogP contribution in [0.2, 0.25) is 0 Å². The number of carboxylic acids is 1. The molecule has 2 aromatic heterocycles. The normalized spacial score (nSPS) is 10.8. The fourth-order valence-corrected chi connectivity index (χ4v) is 2.31. The van der Waals surface area contributed by atoms with Crippen LogP contribution < -0.4 is 10.5 Å². The number of carbonyl (C=O) groups is 1. The average Bonchev–Trinajstić information content (AvgIpc) is 2.86. The second kappa shape index (κ2) is 5.03. The highest BCUT2D eigenvalue weighted by Crippen LogP contribution is 2.30. The zero-order chi connectivity index (χ0) is 15.9. The molecule has 7 heteroatoms. The number of aromatic carboxylic acids is 1. The molecule has 22 heavy (non-hydrogen) atoms. The van der Waals surface area contributed by atoms with Crippen molar-refractivity contribution in [1.29, 1.82) is 0 Å². The molecule has 2 heterocycles. The van der Waals surface area contributed by atoms with E-state index in [1.54, 1.807) is 31.4 Å². The lowest BCUT2D eigenvalue weighted by molar-refractivity contribution is 0.0699. The van der Waals surface area contributed by atoms with Crippen molar-refractivity contribution in [2.45, 2.75) is 0 Å². The van der Waals surface area contributed by atoms with Gasteiger partial charge in [0.15, 0.2) is 5.65 Å². The number of fused-ring (bicyclic) bond motifs is 1. The van der Waals surface area contributed by atoms with Gasteiger partial charge in [-0.25, -0.2) is 9.78 Å². The first-order valence-corrected chi connectivity index (χ1v) is 6.51. The highest BCUT2D eigenvalue weighted by atomic mass is 16.5. The van der Waals surface area contributed by atoms with Gasteiger partial charge in [0.2, 0.25) is 0 Å². The Balaban J connectivity index is 2.25. The summed E-state index contributed by atoms with van der Waals surface area (Å²) in [7, 11) is 3.24. The molecular weight excluding hydrogens is 284 g/mol.